The highest BCUT2D eigenvalue weighted by Gasteiger charge is 2.49. The predicted octanol–water partition coefficient (Wildman–Crippen LogP) is 3.29. The first-order valence-electron chi connectivity index (χ1n) is 8.04. The van der Waals surface area contributed by atoms with Gasteiger partial charge in [0.15, 0.2) is 0 Å². The third-order valence-electron chi connectivity index (χ3n) is 5.70. The molecule has 0 spiro atoms. The summed E-state index contributed by atoms with van der Waals surface area (Å²) in [5.41, 5.74) is 7.29. The summed E-state index contributed by atoms with van der Waals surface area (Å²) in [5, 5.41) is 1.13. The fraction of sp³-hybridized carbons (Fsp3) is 0.588. The molecule has 0 bridgehead atoms. The van der Waals surface area contributed by atoms with Gasteiger partial charge < -0.3 is 10.6 Å². The number of halogens is 2. The van der Waals surface area contributed by atoms with Crippen molar-refractivity contribution in [3.05, 3.63) is 33.8 Å². The molecule has 4 rings (SSSR count). The van der Waals surface area contributed by atoms with Gasteiger partial charge in [0.2, 0.25) is 5.91 Å². The monoisotopic (exact) mass is 338 g/mol. The van der Waals surface area contributed by atoms with Crippen molar-refractivity contribution in [1.29, 1.82) is 0 Å². The number of fused-ring (bicyclic) bond motifs is 1. The Morgan fingerprint density at radius 2 is 2.00 bits per heavy atom. The van der Waals surface area contributed by atoms with Gasteiger partial charge in [0, 0.05) is 25.0 Å². The maximum atomic E-state index is 12.7. The molecule has 1 heterocycles. The van der Waals surface area contributed by atoms with E-state index in [0.717, 1.165) is 31.5 Å². The number of nitrogens with zero attached hydrogens (tertiary/aromatic N) is 1. The number of hydrogen-bond donors (Lipinski definition) is 1. The van der Waals surface area contributed by atoms with Gasteiger partial charge in [-0.3, -0.25) is 4.79 Å². The van der Waals surface area contributed by atoms with Gasteiger partial charge in [-0.1, -0.05) is 29.3 Å². The number of nitrogens with two attached hydrogens (primary N) is 1. The Bertz CT molecular complexity index is 621. The molecule has 0 radical (unpaired) electrons. The third kappa shape index (κ3) is 2.44. The molecule has 1 aromatic carbocycles. The van der Waals surface area contributed by atoms with E-state index in [0.29, 0.717) is 33.7 Å². The predicted molar refractivity (Wildman–Crippen MR) is 88.1 cm³/mol. The topological polar surface area (TPSA) is 46.3 Å². The van der Waals surface area contributed by atoms with Gasteiger partial charge in [0.05, 0.1) is 10.0 Å². The van der Waals surface area contributed by atoms with Crippen LogP contribution < -0.4 is 5.73 Å². The third-order valence-corrected chi connectivity index (χ3v) is 6.44. The second kappa shape index (κ2) is 5.40. The number of hydrogen-bond acceptors (Lipinski definition) is 2. The fourth-order valence-corrected chi connectivity index (χ4v) is 4.61. The van der Waals surface area contributed by atoms with E-state index in [4.69, 9.17) is 28.9 Å². The van der Waals surface area contributed by atoms with Crippen LogP contribution in [0.4, 0.5) is 0 Å². The molecule has 1 amide bonds. The van der Waals surface area contributed by atoms with E-state index in [-0.39, 0.29) is 12.0 Å². The first-order chi connectivity index (χ1) is 10.5. The Labute approximate surface area is 140 Å². The molecule has 2 aliphatic carbocycles. The largest absolute Gasteiger partial charge is 0.342 e. The van der Waals surface area contributed by atoms with E-state index in [1.807, 2.05) is 18.2 Å². The minimum absolute atomic E-state index is 0.118. The molecular formula is C17H20Cl2N2O. The van der Waals surface area contributed by atoms with Gasteiger partial charge in [-0.2, -0.15) is 0 Å². The Morgan fingerprint density at radius 3 is 2.73 bits per heavy atom. The Balaban J connectivity index is 1.42. The Morgan fingerprint density at radius 1 is 1.18 bits per heavy atom. The molecule has 1 saturated heterocycles. The van der Waals surface area contributed by atoms with Crippen molar-refractivity contribution in [2.24, 2.45) is 23.5 Å². The number of likely N-dealkylation sites (tertiary alicyclic amines) is 1. The first-order valence-corrected chi connectivity index (χ1v) is 8.79. The Hall–Kier alpha value is -0.770. The highest BCUT2D eigenvalue weighted by Crippen LogP contribution is 2.50. The number of rotatable bonds is 2. The molecule has 1 aromatic rings. The Kier molecular flexibility index (Phi) is 3.63. The zero-order chi connectivity index (χ0) is 15.4. The maximum Gasteiger partial charge on any atom is 0.226 e. The minimum Gasteiger partial charge on any atom is -0.342 e. The van der Waals surface area contributed by atoms with E-state index in [1.54, 1.807) is 0 Å². The van der Waals surface area contributed by atoms with E-state index < -0.39 is 0 Å². The molecule has 22 heavy (non-hydrogen) atoms. The van der Waals surface area contributed by atoms with Crippen LogP contribution in [-0.4, -0.2) is 29.9 Å². The SMILES string of the molecule is NC1CCC2CN(C(=O)C3CC3c3ccc(Cl)c(Cl)c3)CC12. The smallest absolute Gasteiger partial charge is 0.226 e. The van der Waals surface area contributed by atoms with Crippen LogP contribution in [0.3, 0.4) is 0 Å². The van der Waals surface area contributed by atoms with Crippen molar-refractivity contribution in [1.82, 2.24) is 4.90 Å². The molecule has 3 aliphatic rings. The van der Waals surface area contributed by atoms with E-state index >= 15 is 0 Å². The molecule has 1 aliphatic heterocycles. The summed E-state index contributed by atoms with van der Waals surface area (Å²) >= 11 is 12.0. The van der Waals surface area contributed by atoms with Gasteiger partial charge in [0.1, 0.15) is 0 Å². The lowest BCUT2D eigenvalue weighted by atomic mass is 9.98. The molecule has 2 saturated carbocycles. The molecule has 5 atom stereocenters. The summed E-state index contributed by atoms with van der Waals surface area (Å²) in [5.74, 6) is 1.87. The van der Waals surface area contributed by atoms with E-state index in [9.17, 15) is 4.79 Å². The summed E-state index contributed by atoms with van der Waals surface area (Å²) in [6.07, 6.45) is 3.22. The molecule has 5 unspecified atom stereocenters. The van der Waals surface area contributed by atoms with Crippen molar-refractivity contribution in [3.8, 4) is 0 Å². The standard InChI is InChI=1S/C17H20Cl2N2O/c18-14-3-1-9(5-15(14)19)11-6-12(11)17(22)21-7-10-2-4-16(20)13(10)8-21/h1,3,5,10-13,16H,2,4,6-8,20H2. The van der Waals surface area contributed by atoms with E-state index in [2.05, 4.69) is 4.90 Å². The number of carbonyl (C=O) groups excluding carboxylic acids is 1. The summed E-state index contributed by atoms with van der Waals surface area (Å²) < 4.78 is 0. The lowest BCUT2D eigenvalue weighted by Crippen LogP contribution is -2.34. The van der Waals surface area contributed by atoms with Crippen LogP contribution in [0.1, 0.15) is 30.7 Å². The van der Waals surface area contributed by atoms with Crippen molar-refractivity contribution in [3.63, 3.8) is 0 Å². The van der Waals surface area contributed by atoms with Gasteiger partial charge in [0.25, 0.3) is 0 Å². The zero-order valence-corrected chi connectivity index (χ0v) is 13.9. The average Bonchev–Trinajstić information content (AvgIpc) is 3.06. The highest BCUT2D eigenvalue weighted by atomic mass is 35.5. The molecule has 5 heteroatoms. The average molecular weight is 339 g/mol. The maximum absolute atomic E-state index is 12.7. The van der Waals surface area contributed by atoms with Crippen LogP contribution in [0, 0.1) is 17.8 Å². The summed E-state index contributed by atoms with van der Waals surface area (Å²) in [7, 11) is 0. The lowest BCUT2D eigenvalue weighted by Gasteiger charge is -2.19. The van der Waals surface area contributed by atoms with Crippen LogP contribution in [0.15, 0.2) is 18.2 Å². The molecule has 0 aromatic heterocycles. The normalized spacial score (nSPS) is 36.5. The first kappa shape index (κ1) is 14.8. The van der Waals surface area contributed by atoms with Crippen molar-refractivity contribution in [2.45, 2.75) is 31.2 Å². The molecular weight excluding hydrogens is 319 g/mol. The van der Waals surface area contributed by atoms with Crippen LogP contribution in [0.5, 0.6) is 0 Å². The minimum atomic E-state index is 0.118. The van der Waals surface area contributed by atoms with Crippen molar-refractivity contribution >= 4 is 29.1 Å². The lowest BCUT2D eigenvalue weighted by molar-refractivity contribution is -0.131. The quantitative estimate of drug-likeness (QED) is 0.899. The number of amides is 1. The molecule has 118 valence electrons. The van der Waals surface area contributed by atoms with Crippen LogP contribution >= 0.6 is 23.2 Å². The van der Waals surface area contributed by atoms with Gasteiger partial charge in [-0.15, -0.1) is 0 Å². The van der Waals surface area contributed by atoms with Crippen LogP contribution in [0.2, 0.25) is 10.0 Å². The van der Waals surface area contributed by atoms with Crippen LogP contribution in [0.25, 0.3) is 0 Å². The second-order valence-corrected chi connectivity index (χ2v) is 7.84. The van der Waals surface area contributed by atoms with Gasteiger partial charge in [-0.25, -0.2) is 0 Å². The molecule has 3 nitrogen and oxygen atoms in total. The van der Waals surface area contributed by atoms with E-state index in [1.165, 1.54) is 6.42 Å². The zero-order valence-electron chi connectivity index (χ0n) is 12.3. The van der Waals surface area contributed by atoms with Gasteiger partial charge >= 0.3 is 0 Å². The molecule has 3 fully saturated rings. The van der Waals surface area contributed by atoms with Crippen LogP contribution in [-0.2, 0) is 4.79 Å². The van der Waals surface area contributed by atoms with Gasteiger partial charge in [-0.05, 0) is 54.7 Å². The number of carbonyl (C=O) groups is 1. The number of benzene rings is 1. The summed E-state index contributed by atoms with van der Waals surface area (Å²) in [4.78, 5) is 14.8. The molecule has 2 N–H and O–H groups in total. The summed E-state index contributed by atoms with van der Waals surface area (Å²) in [6, 6.07) is 5.99. The fourth-order valence-electron chi connectivity index (χ4n) is 4.30. The summed E-state index contributed by atoms with van der Waals surface area (Å²) in [6.45, 7) is 1.76. The second-order valence-electron chi connectivity index (χ2n) is 7.03. The van der Waals surface area contributed by atoms with Crippen molar-refractivity contribution < 1.29 is 4.79 Å². The highest BCUT2D eigenvalue weighted by molar-refractivity contribution is 6.42. The van der Waals surface area contributed by atoms with Crippen molar-refractivity contribution in [2.75, 3.05) is 13.1 Å².